The van der Waals surface area contributed by atoms with Gasteiger partial charge in [0, 0.05) is 35.9 Å². The third kappa shape index (κ3) is 3.90. The van der Waals surface area contributed by atoms with E-state index < -0.39 is 0 Å². The van der Waals surface area contributed by atoms with Crippen molar-refractivity contribution in [1.82, 2.24) is 0 Å². The van der Waals surface area contributed by atoms with E-state index in [9.17, 15) is 4.79 Å². The van der Waals surface area contributed by atoms with Crippen molar-refractivity contribution < 1.29 is 9.53 Å². The Morgan fingerprint density at radius 2 is 1.94 bits per heavy atom. The molecule has 4 heteroatoms. The molecule has 0 aromatic heterocycles. The summed E-state index contributed by atoms with van der Waals surface area (Å²) in [5.41, 5.74) is 0. The highest BCUT2D eigenvalue weighted by molar-refractivity contribution is 8.08. The lowest BCUT2D eigenvalue weighted by Gasteiger charge is -2.31. The molecule has 3 unspecified atom stereocenters. The van der Waals surface area contributed by atoms with Gasteiger partial charge in [0.15, 0.2) is 0 Å². The molecule has 17 heavy (non-hydrogen) atoms. The van der Waals surface area contributed by atoms with Gasteiger partial charge in [0.2, 0.25) is 0 Å². The van der Waals surface area contributed by atoms with E-state index >= 15 is 0 Å². The minimum atomic E-state index is 0.244. The number of ether oxygens (including phenoxy) is 1. The SMILES string of the molecule is CC1SCC(C(=O)CC2CCOCC2)SC1C. The standard InChI is InChI=1S/C13H22O2S2/c1-9-10(2)17-13(8-16-9)12(14)7-11-3-5-15-6-4-11/h9-11,13H,3-8H2,1-2H3. The first-order valence-corrected chi connectivity index (χ1v) is 8.53. The molecule has 3 atom stereocenters. The van der Waals surface area contributed by atoms with Gasteiger partial charge in [0.25, 0.3) is 0 Å². The molecule has 2 fully saturated rings. The fourth-order valence-corrected chi connectivity index (χ4v) is 5.22. The van der Waals surface area contributed by atoms with Crippen LogP contribution in [0.5, 0.6) is 0 Å². The fraction of sp³-hybridized carbons (Fsp3) is 0.923. The second-order valence-electron chi connectivity index (χ2n) is 5.09. The summed E-state index contributed by atoms with van der Waals surface area (Å²) in [6.45, 7) is 6.20. The first-order chi connectivity index (χ1) is 8.16. The smallest absolute Gasteiger partial charge is 0.146 e. The summed E-state index contributed by atoms with van der Waals surface area (Å²) < 4.78 is 5.34. The summed E-state index contributed by atoms with van der Waals surface area (Å²) in [7, 11) is 0. The van der Waals surface area contributed by atoms with Gasteiger partial charge in [-0.25, -0.2) is 0 Å². The van der Waals surface area contributed by atoms with E-state index in [1.807, 2.05) is 23.5 Å². The molecule has 98 valence electrons. The lowest BCUT2D eigenvalue weighted by molar-refractivity contribution is -0.119. The Morgan fingerprint density at radius 1 is 1.24 bits per heavy atom. The first kappa shape index (κ1) is 13.8. The Bertz CT molecular complexity index is 264. The van der Waals surface area contributed by atoms with E-state index in [1.165, 1.54) is 0 Å². The molecule has 2 saturated heterocycles. The van der Waals surface area contributed by atoms with Crippen molar-refractivity contribution in [3.63, 3.8) is 0 Å². The third-order valence-electron chi connectivity index (χ3n) is 3.74. The van der Waals surface area contributed by atoms with Crippen LogP contribution in [0.4, 0.5) is 0 Å². The molecule has 2 nitrogen and oxygen atoms in total. The van der Waals surface area contributed by atoms with Gasteiger partial charge in [-0.05, 0) is 18.8 Å². The van der Waals surface area contributed by atoms with E-state index in [-0.39, 0.29) is 5.25 Å². The molecule has 2 heterocycles. The van der Waals surface area contributed by atoms with Crippen LogP contribution in [0.3, 0.4) is 0 Å². The zero-order valence-corrected chi connectivity index (χ0v) is 12.3. The van der Waals surface area contributed by atoms with Gasteiger partial charge < -0.3 is 4.74 Å². The topological polar surface area (TPSA) is 26.3 Å². The van der Waals surface area contributed by atoms with Gasteiger partial charge in [0.05, 0.1) is 5.25 Å². The lowest BCUT2D eigenvalue weighted by Crippen LogP contribution is -2.33. The Labute approximate surface area is 113 Å². The zero-order chi connectivity index (χ0) is 12.3. The summed E-state index contributed by atoms with van der Waals surface area (Å²) in [6.07, 6.45) is 2.92. The molecular formula is C13H22O2S2. The third-order valence-corrected chi connectivity index (χ3v) is 7.18. The minimum absolute atomic E-state index is 0.244. The number of rotatable bonds is 3. The predicted molar refractivity (Wildman–Crippen MR) is 75.9 cm³/mol. The maximum Gasteiger partial charge on any atom is 0.146 e. The molecule has 0 N–H and O–H groups in total. The molecule has 0 aromatic carbocycles. The molecule has 0 aliphatic carbocycles. The molecule has 0 radical (unpaired) electrons. The Hall–Kier alpha value is 0.330. The molecule has 0 aromatic rings. The number of carbonyl (C=O) groups excluding carboxylic acids is 1. The molecule has 2 aliphatic heterocycles. The molecule has 2 rings (SSSR count). The van der Waals surface area contributed by atoms with Gasteiger partial charge in [-0.15, -0.1) is 11.8 Å². The second-order valence-corrected chi connectivity index (χ2v) is 8.09. The van der Waals surface area contributed by atoms with E-state index in [1.54, 1.807) is 0 Å². The van der Waals surface area contributed by atoms with Gasteiger partial charge in [-0.3, -0.25) is 4.79 Å². The van der Waals surface area contributed by atoms with Crippen LogP contribution in [0, 0.1) is 5.92 Å². The van der Waals surface area contributed by atoms with Crippen LogP contribution >= 0.6 is 23.5 Å². The summed E-state index contributed by atoms with van der Waals surface area (Å²) in [4.78, 5) is 12.2. The van der Waals surface area contributed by atoms with Crippen molar-refractivity contribution in [1.29, 1.82) is 0 Å². The highest BCUT2D eigenvalue weighted by atomic mass is 32.2. The summed E-state index contributed by atoms with van der Waals surface area (Å²) in [5.74, 6) is 2.07. The largest absolute Gasteiger partial charge is 0.381 e. The Morgan fingerprint density at radius 3 is 2.59 bits per heavy atom. The molecule has 0 spiro atoms. The van der Waals surface area contributed by atoms with Crippen LogP contribution in [0.1, 0.15) is 33.1 Å². The average molecular weight is 274 g/mol. The summed E-state index contributed by atoms with van der Waals surface area (Å²) >= 11 is 3.85. The zero-order valence-electron chi connectivity index (χ0n) is 10.7. The maximum atomic E-state index is 12.2. The number of hydrogen-bond donors (Lipinski definition) is 0. The van der Waals surface area contributed by atoms with Crippen molar-refractivity contribution in [2.45, 2.75) is 48.9 Å². The Kier molecular flexibility index (Phi) is 5.25. The molecule has 0 bridgehead atoms. The van der Waals surface area contributed by atoms with Crippen LogP contribution in [0.15, 0.2) is 0 Å². The van der Waals surface area contributed by atoms with Gasteiger partial charge >= 0.3 is 0 Å². The van der Waals surface area contributed by atoms with Crippen molar-refractivity contribution in [3.8, 4) is 0 Å². The van der Waals surface area contributed by atoms with Crippen molar-refractivity contribution in [2.75, 3.05) is 19.0 Å². The van der Waals surface area contributed by atoms with E-state index in [2.05, 4.69) is 13.8 Å². The van der Waals surface area contributed by atoms with Gasteiger partial charge in [-0.2, -0.15) is 11.8 Å². The maximum absolute atomic E-state index is 12.2. The highest BCUT2D eigenvalue weighted by Crippen LogP contribution is 2.37. The Balaban J connectivity index is 1.79. The molecule has 0 saturated carbocycles. The molecular weight excluding hydrogens is 252 g/mol. The number of ketones is 1. The average Bonchev–Trinajstić information content (AvgIpc) is 2.34. The first-order valence-electron chi connectivity index (χ1n) is 6.54. The van der Waals surface area contributed by atoms with E-state index in [0.717, 1.165) is 38.2 Å². The van der Waals surface area contributed by atoms with Crippen LogP contribution < -0.4 is 0 Å². The molecule has 2 aliphatic rings. The number of hydrogen-bond acceptors (Lipinski definition) is 4. The normalized spacial score (nSPS) is 35.8. The lowest BCUT2D eigenvalue weighted by atomic mass is 9.93. The second kappa shape index (κ2) is 6.48. The predicted octanol–water partition coefficient (Wildman–Crippen LogP) is 3.00. The van der Waals surface area contributed by atoms with Crippen molar-refractivity contribution in [2.24, 2.45) is 5.92 Å². The van der Waals surface area contributed by atoms with Gasteiger partial charge in [0.1, 0.15) is 5.78 Å². The van der Waals surface area contributed by atoms with Crippen molar-refractivity contribution >= 4 is 29.3 Å². The number of thioether (sulfide) groups is 2. The van der Waals surface area contributed by atoms with E-state index in [0.29, 0.717) is 22.2 Å². The van der Waals surface area contributed by atoms with Crippen LogP contribution in [0.25, 0.3) is 0 Å². The number of Topliss-reactive ketones (excluding diaryl/α,β-unsaturated/α-hetero) is 1. The van der Waals surface area contributed by atoms with Crippen LogP contribution in [0.2, 0.25) is 0 Å². The summed E-state index contributed by atoms with van der Waals surface area (Å²) in [5, 5.41) is 1.54. The minimum Gasteiger partial charge on any atom is -0.381 e. The van der Waals surface area contributed by atoms with Gasteiger partial charge in [-0.1, -0.05) is 13.8 Å². The van der Waals surface area contributed by atoms with E-state index in [4.69, 9.17) is 4.74 Å². The molecule has 0 amide bonds. The quantitative estimate of drug-likeness (QED) is 0.790. The highest BCUT2D eigenvalue weighted by Gasteiger charge is 2.31. The fourth-order valence-electron chi connectivity index (χ4n) is 2.32. The van der Waals surface area contributed by atoms with Crippen LogP contribution in [-0.2, 0) is 9.53 Å². The van der Waals surface area contributed by atoms with Crippen molar-refractivity contribution in [3.05, 3.63) is 0 Å². The van der Waals surface area contributed by atoms with Crippen LogP contribution in [-0.4, -0.2) is 40.5 Å². The summed E-state index contributed by atoms with van der Waals surface area (Å²) in [6, 6.07) is 0. The monoisotopic (exact) mass is 274 g/mol. The number of carbonyl (C=O) groups is 1.